The van der Waals surface area contributed by atoms with Crippen molar-refractivity contribution < 1.29 is 0 Å². The van der Waals surface area contributed by atoms with Gasteiger partial charge in [-0.15, -0.1) is 0 Å². The van der Waals surface area contributed by atoms with Crippen LogP contribution in [0.2, 0.25) is 0 Å². The summed E-state index contributed by atoms with van der Waals surface area (Å²) in [6, 6.07) is 26.2. The van der Waals surface area contributed by atoms with Gasteiger partial charge in [0.25, 0.3) is 0 Å². The normalized spacial score (nSPS) is 15.5. The lowest BCUT2D eigenvalue weighted by Gasteiger charge is -2.21. The van der Waals surface area contributed by atoms with Gasteiger partial charge >= 0.3 is 0 Å². The van der Waals surface area contributed by atoms with Gasteiger partial charge in [-0.2, -0.15) is 10.2 Å². The SMILES string of the molecule is N#Cc1cc(N)cc(Nc2nc(N3CC[C@H](NCc4ccccc4)C3)c3ccccc3n2)c1. The summed E-state index contributed by atoms with van der Waals surface area (Å²) in [4.78, 5) is 11.9. The number of rotatable bonds is 6. The Labute approximate surface area is 192 Å². The van der Waals surface area contributed by atoms with Crippen LogP contribution in [-0.2, 0) is 6.54 Å². The Morgan fingerprint density at radius 1 is 1.03 bits per heavy atom. The summed E-state index contributed by atoms with van der Waals surface area (Å²) in [5.41, 5.74) is 9.80. The molecule has 7 heteroatoms. The molecule has 1 aliphatic heterocycles. The van der Waals surface area contributed by atoms with E-state index in [1.165, 1.54) is 5.56 Å². The molecule has 5 rings (SSSR count). The summed E-state index contributed by atoms with van der Waals surface area (Å²) in [5, 5.41) is 17.2. The fourth-order valence-corrected chi connectivity index (χ4v) is 4.25. The minimum Gasteiger partial charge on any atom is -0.399 e. The molecule has 4 N–H and O–H groups in total. The van der Waals surface area contributed by atoms with E-state index in [4.69, 9.17) is 15.7 Å². The van der Waals surface area contributed by atoms with Crippen LogP contribution in [-0.4, -0.2) is 29.1 Å². The van der Waals surface area contributed by atoms with E-state index < -0.39 is 0 Å². The third kappa shape index (κ3) is 4.71. The number of hydrogen-bond donors (Lipinski definition) is 3. The van der Waals surface area contributed by atoms with Crippen molar-refractivity contribution in [3.05, 3.63) is 83.9 Å². The highest BCUT2D eigenvalue weighted by Gasteiger charge is 2.25. The van der Waals surface area contributed by atoms with Gasteiger partial charge in [-0.1, -0.05) is 42.5 Å². The molecule has 1 aromatic heterocycles. The number of hydrogen-bond acceptors (Lipinski definition) is 7. The lowest BCUT2D eigenvalue weighted by atomic mass is 10.2. The molecule has 0 radical (unpaired) electrons. The third-order valence-corrected chi connectivity index (χ3v) is 5.85. The van der Waals surface area contributed by atoms with Crippen LogP contribution in [0.3, 0.4) is 0 Å². The summed E-state index contributed by atoms with van der Waals surface area (Å²) >= 11 is 0. The van der Waals surface area contributed by atoms with E-state index in [-0.39, 0.29) is 0 Å². The van der Waals surface area contributed by atoms with Crippen LogP contribution < -0.4 is 21.3 Å². The van der Waals surface area contributed by atoms with E-state index in [9.17, 15) is 5.26 Å². The predicted molar refractivity (Wildman–Crippen MR) is 132 cm³/mol. The number of para-hydroxylation sites is 1. The van der Waals surface area contributed by atoms with Gasteiger partial charge in [-0.05, 0) is 42.3 Å². The Morgan fingerprint density at radius 2 is 1.85 bits per heavy atom. The molecule has 0 spiro atoms. The molecule has 0 saturated carbocycles. The maximum absolute atomic E-state index is 9.25. The smallest absolute Gasteiger partial charge is 0.229 e. The van der Waals surface area contributed by atoms with Crippen molar-refractivity contribution >= 4 is 34.0 Å². The molecule has 7 nitrogen and oxygen atoms in total. The van der Waals surface area contributed by atoms with Crippen molar-refractivity contribution in [3.63, 3.8) is 0 Å². The maximum atomic E-state index is 9.25. The number of nitrogens with zero attached hydrogens (tertiary/aromatic N) is 4. The number of benzene rings is 3. The second kappa shape index (κ2) is 9.15. The van der Waals surface area contributed by atoms with Gasteiger partial charge in [0.1, 0.15) is 5.82 Å². The highest BCUT2D eigenvalue weighted by molar-refractivity contribution is 5.91. The molecular formula is C26H25N7. The number of fused-ring (bicyclic) bond motifs is 1. The van der Waals surface area contributed by atoms with E-state index in [1.807, 2.05) is 24.3 Å². The summed E-state index contributed by atoms with van der Waals surface area (Å²) in [6.45, 7) is 2.65. The predicted octanol–water partition coefficient (Wildman–Crippen LogP) is 4.20. The van der Waals surface area contributed by atoms with Gasteiger partial charge in [0.2, 0.25) is 5.95 Å². The molecular weight excluding hydrogens is 410 g/mol. The molecule has 3 aromatic carbocycles. The van der Waals surface area contributed by atoms with E-state index in [0.717, 1.165) is 42.8 Å². The van der Waals surface area contributed by atoms with Crippen LogP contribution in [0.5, 0.6) is 0 Å². The van der Waals surface area contributed by atoms with Crippen LogP contribution in [0.15, 0.2) is 72.8 Å². The Morgan fingerprint density at radius 3 is 2.70 bits per heavy atom. The molecule has 0 unspecified atom stereocenters. The van der Waals surface area contributed by atoms with Crippen LogP contribution >= 0.6 is 0 Å². The molecule has 0 bridgehead atoms. The van der Waals surface area contributed by atoms with Crippen molar-refractivity contribution in [3.8, 4) is 6.07 Å². The number of aromatic nitrogens is 2. The van der Waals surface area contributed by atoms with Gasteiger partial charge in [0.15, 0.2) is 0 Å². The average molecular weight is 436 g/mol. The Hall–Kier alpha value is -4.15. The standard InChI is InChI=1S/C26H25N7/c27-15-19-12-20(28)14-22(13-19)30-26-31-24-9-5-4-8-23(24)25(32-26)33-11-10-21(17-33)29-16-18-6-2-1-3-7-18/h1-9,12-14,21,29H,10-11,16-17,28H2,(H,30,31,32)/t21-/m0/s1. The van der Waals surface area contributed by atoms with Crippen LogP contribution in [0.4, 0.5) is 23.1 Å². The molecule has 164 valence electrons. The van der Waals surface area contributed by atoms with Gasteiger partial charge in [-0.3, -0.25) is 0 Å². The number of nitrogen functional groups attached to an aromatic ring is 1. The van der Waals surface area contributed by atoms with Crippen molar-refractivity contribution in [2.75, 3.05) is 29.0 Å². The first kappa shape index (κ1) is 20.7. The Kier molecular flexibility index (Phi) is 5.75. The van der Waals surface area contributed by atoms with Crippen molar-refractivity contribution in [1.29, 1.82) is 5.26 Å². The molecule has 1 saturated heterocycles. The summed E-state index contributed by atoms with van der Waals surface area (Å²) < 4.78 is 0. The molecule has 1 aliphatic rings. The zero-order valence-electron chi connectivity index (χ0n) is 18.2. The lowest BCUT2D eigenvalue weighted by molar-refractivity contribution is 0.551. The van der Waals surface area contributed by atoms with Crippen molar-refractivity contribution in [2.45, 2.75) is 19.0 Å². The van der Waals surface area contributed by atoms with E-state index >= 15 is 0 Å². The summed E-state index contributed by atoms with van der Waals surface area (Å²) in [5.74, 6) is 1.40. The first-order valence-corrected chi connectivity index (χ1v) is 11.0. The largest absolute Gasteiger partial charge is 0.399 e. The second-order valence-corrected chi connectivity index (χ2v) is 8.27. The van der Waals surface area contributed by atoms with Gasteiger partial charge in [0, 0.05) is 42.4 Å². The van der Waals surface area contributed by atoms with Gasteiger partial charge in [0.05, 0.1) is 17.1 Å². The lowest BCUT2D eigenvalue weighted by Crippen LogP contribution is -2.32. The zero-order valence-corrected chi connectivity index (χ0v) is 18.2. The third-order valence-electron chi connectivity index (χ3n) is 5.85. The van der Waals surface area contributed by atoms with Crippen molar-refractivity contribution in [1.82, 2.24) is 15.3 Å². The van der Waals surface area contributed by atoms with Crippen LogP contribution in [0.1, 0.15) is 17.5 Å². The van der Waals surface area contributed by atoms with Crippen LogP contribution in [0.25, 0.3) is 10.9 Å². The molecule has 2 heterocycles. The monoisotopic (exact) mass is 435 g/mol. The summed E-state index contributed by atoms with van der Waals surface area (Å²) in [7, 11) is 0. The fourth-order valence-electron chi connectivity index (χ4n) is 4.25. The van der Waals surface area contributed by atoms with Gasteiger partial charge in [-0.25, -0.2) is 4.98 Å². The molecule has 0 amide bonds. The van der Waals surface area contributed by atoms with Gasteiger partial charge < -0.3 is 21.3 Å². The number of nitrogens with two attached hydrogens (primary N) is 1. The average Bonchev–Trinajstić information content (AvgIpc) is 3.31. The maximum Gasteiger partial charge on any atom is 0.229 e. The first-order valence-electron chi connectivity index (χ1n) is 11.0. The number of nitrogens with one attached hydrogen (secondary N) is 2. The molecule has 1 fully saturated rings. The fraction of sp³-hybridized carbons (Fsp3) is 0.192. The second-order valence-electron chi connectivity index (χ2n) is 8.27. The quantitative estimate of drug-likeness (QED) is 0.390. The topological polar surface area (TPSA) is 103 Å². The molecule has 1 atom stereocenters. The van der Waals surface area contributed by atoms with Crippen LogP contribution in [0, 0.1) is 11.3 Å². The highest BCUT2D eigenvalue weighted by atomic mass is 15.3. The first-order chi connectivity index (χ1) is 16.2. The minimum absolute atomic E-state index is 0.391. The van der Waals surface area contributed by atoms with Crippen molar-refractivity contribution in [2.24, 2.45) is 0 Å². The van der Waals surface area contributed by atoms with E-state index in [0.29, 0.717) is 28.9 Å². The Balaban J connectivity index is 1.39. The molecule has 33 heavy (non-hydrogen) atoms. The van der Waals surface area contributed by atoms with E-state index in [2.05, 4.69) is 51.9 Å². The zero-order chi connectivity index (χ0) is 22.6. The minimum atomic E-state index is 0.391. The summed E-state index contributed by atoms with van der Waals surface area (Å²) in [6.07, 6.45) is 1.05. The highest BCUT2D eigenvalue weighted by Crippen LogP contribution is 2.29. The van der Waals surface area contributed by atoms with E-state index in [1.54, 1.807) is 18.2 Å². The molecule has 0 aliphatic carbocycles. The Bertz CT molecular complexity index is 1310. The number of anilines is 4. The number of nitriles is 1. The molecule has 4 aromatic rings.